The third-order valence-electron chi connectivity index (χ3n) is 2.85. The lowest BCUT2D eigenvalue weighted by Crippen LogP contribution is -2.28. The number of hydrazine groups is 1. The van der Waals surface area contributed by atoms with Crippen molar-refractivity contribution in [3.05, 3.63) is 12.4 Å². The van der Waals surface area contributed by atoms with E-state index in [9.17, 15) is 0 Å². The molecule has 0 bridgehead atoms. The molecule has 0 aromatic carbocycles. The Hall–Kier alpha value is -1.36. The number of anilines is 2. The number of hydrogen-bond donors (Lipinski definition) is 2. The molecule has 2 unspecified atom stereocenters. The molecule has 15 heavy (non-hydrogen) atoms. The normalized spacial score (nSPS) is 25.7. The number of nitrogens with two attached hydrogens (primary N) is 1. The summed E-state index contributed by atoms with van der Waals surface area (Å²) in [4.78, 5) is 10.8. The molecule has 0 saturated carbocycles. The molecule has 5 nitrogen and oxygen atoms in total. The lowest BCUT2D eigenvalue weighted by Gasteiger charge is -2.22. The fourth-order valence-corrected chi connectivity index (χ4v) is 2.18. The minimum absolute atomic E-state index is 0.530. The van der Waals surface area contributed by atoms with Crippen LogP contribution in [0.3, 0.4) is 0 Å². The Labute approximate surface area is 89.7 Å². The summed E-state index contributed by atoms with van der Waals surface area (Å²) in [6.45, 7) is 5.52. The second-order valence-electron chi connectivity index (χ2n) is 4.25. The summed E-state index contributed by atoms with van der Waals surface area (Å²) in [5.41, 5.74) is 2.52. The van der Waals surface area contributed by atoms with Gasteiger partial charge in [0.1, 0.15) is 5.82 Å². The van der Waals surface area contributed by atoms with E-state index in [0.717, 1.165) is 18.3 Å². The summed E-state index contributed by atoms with van der Waals surface area (Å²) in [6.07, 6.45) is 4.62. The van der Waals surface area contributed by atoms with E-state index in [0.29, 0.717) is 11.9 Å². The highest BCUT2D eigenvalue weighted by Crippen LogP contribution is 2.27. The van der Waals surface area contributed by atoms with Crippen molar-refractivity contribution in [2.75, 3.05) is 16.9 Å². The quantitative estimate of drug-likeness (QED) is 0.559. The molecule has 0 amide bonds. The highest BCUT2D eigenvalue weighted by atomic mass is 15.3. The zero-order valence-corrected chi connectivity index (χ0v) is 9.14. The Morgan fingerprint density at radius 1 is 1.47 bits per heavy atom. The SMILES string of the molecule is CC1CC(C)N(c2cncc(NN)n2)C1. The molecule has 1 aliphatic heterocycles. The number of nitrogen functional groups attached to an aromatic ring is 1. The minimum Gasteiger partial charge on any atom is -0.352 e. The van der Waals surface area contributed by atoms with Crippen LogP contribution in [-0.2, 0) is 0 Å². The average Bonchev–Trinajstić information content (AvgIpc) is 2.58. The van der Waals surface area contributed by atoms with Gasteiger partial charge in [0, 0.05) is 12.6 Å². The van der Waals surface area contributed by atoms with E-state index in [1.807, 2.05) is 0 Å². The number of nitrogens with one attached hydrogen (secondary N) is 1. The Kier molecular flexibility index (Phi) is 2.73. The standard InChI is InChI=1S/C10H17N5/c1-7-3-8(2)15(6-7)10-5-12-4-9(13-10)14-11/h4-5,7-8H,3,6,11H2,1-2H3,(H,13,14). The maximum Gasteiger partial charge on any atom is 0.160 e. The van der Waals surface area contributed by atoms with Gasteiger partial charge in [-0.15, -0.1) is 0 Å². The lowest BCUT2D eigenvalue weighted by atomic mass is 10.1. The lowest BCUT2D eigenvalue weighted by molar-refractivity contribution is 0.625. The number of rotatable bonds is 2. The summed E-state index contributed by atoms with van der Waals surface area (Å²) >= 11 is 0. The van der Waals surface area contributed by atoms with Crippen molar-refractivity contribution in [3.8, 4) is 0 Å². The molecule has 2 heterocycles. The van der Waals surface area contributed by atoms with Crippen molar-refractivity contribution in [1.82, 2.24) is 9.97 Å². The molecule has 2 atom stereocenters. The molecule has 2 rings (SSSR count). The molecule has 0 aliphatic carbocycles. The predicted octanol–water partition coefficient (Wildman–Crippen LogP) is 0.997. The van der Waals surface area contributed by atoms with Gasteiger partial charge in [0.15, 0.2) is 5.82 Å². The second-order valence-corrected chi connectivity index (χ2v) is 4.25. The van der Waals surface area contributed by atoms with E-state index in [4.69, 9.17) is 5.84 Å². The first-order valence-electron chi connectivity index (χ1n) is 5.26. The van der Waals surface area contributed by atoms with Gasteiger partial charge < -0.3 is 10.3 Å². The Bertz CT molecular complexity index is 340. The van der Waals surface area contributed by atoms with Crippen LogP contribution in [0.25, 0.3) is 0 Å². The van der Waals surface area contributed by atoms with E-state index >= 15 is 0 Å². The van der Waals surface area contributed by atoms with Crippen LogP contribution < -0.4 is 16.2 Å². The highest BCUT2D eigenvalue weighted by molar-refractivity contribution is 5.44. The molecular weight excluding hydrogens is 190 g/mol. The van der Waals surface area contributed by atoms with Crippen LogP contribution in [0.4, 0.5) is 11.6 Å². The van der Waals surface area contributed by atoms with Crippen molar-refractivity contribution in [2.24, 2.45) is 11.8 Å². The predicted molar refractivity (Wildman–Crippen MR) is 60.4 cm³/mol. The molecule has 5 heteroatoms. The fraction of sp³-hybridized carbons (Fsp3) is 0.600. The van der Waals surface area contributed by atoms with Crippen molar-refractivity contribution in [1.29, 1.82) is 0 Å². The second kappa shape index (κ2) is 4.02. The summed E-state index contributed by atoms with van der Waals surface area (Å²) in [6, 6.07) is 0.530. The maximum absolute atomic E-state index is 5.31. The van der Waals surface area contributed by atoms with Gasteiger partial charge in [-0.2, -0.15) is 0 Å². The Balaban J connectivity index is 2.21. The summed E-state index contributed by atoms with van der Waals surface area (Å²) in [5, 5.41) is 0. The molecule has 1 aromatic rings. The molecule has 1 aromatic heterocycles. The van der Waals surface area contributed by atoms with Crippen LogP contribution in [0, 0.1) is 5.92 Å². The molecule has 1 fully saturated rings. The Morgan fingerprint density at radius 2 is 2.27 bits per heavy atom. The van der Waals surface area contributed by atoms with Crippen LogP contribution in [0.1, 0.15) is 20.3 Å². The summed E-state index contributed by atoms with van der Waals surface area (Å²) < 4.78 is 0. The van der Waals surface area contributed by atoms with Crippen molar-refractivity contribution in [2.45, 2.75) is 26.3 Å². The van der Waals surface area contributed by atoms with Crippen molar-refractivity contribution in [3.63, 3.8) is 0 Å². The van der Waals surface area contributed by atoms with E-state index in [1.54, 1.807) is 12.4 Å². The van der Waals surface area contributed by atoms with Crippen LogP contribution in [0.5, 0.6) is 0 Å². The fourth-order valence-electron chi connectivity index (χ4n) is 2.18. The van der Waals surface area contributed by atoms with Crippen molar-refractivity contribution >= 4 is 11.6 Å². The molecule has 3 N–H and O–H groups in total. The number of hydrogen-bond acceptors (Lipinski definition) is 5. The van der Waals surface area contributed by atoms with Crippen LogP contribution >= 0.6 is 0 Å². The smallest absolute Gasteiger partial charge is 0.160 e. The summed E-state index contributed by atoms with van der Waals surface area (Å²) in [5.74, 6) is 7.54. The van der Waals surface area contributed by atoms with E-state index < -0.39 is 0 Å². The topological polar surface area (TPSA) is 67.1 Å². The van der Waals surface area contributed by atoms with Crippen molar-refractivity contribution < 1.29 is 0 Å². The third kappa shape index (κ3) is 2.02. The summed E-state index contributed by atoms with van der Waals surface area (Å²) in [7, 11) is 0. The zero-order chi connectivity index (χ0) is 10.8. The first-order chi connectivity index (χ1) is 7.20. The zero-order valence-electron chi connectivity index (χ0n) is 9.14. The first-order valence-corrected chi connectivity index (χ1v) is 5.26. The molecule has 82 valence electrons. The Morgan fingerprint density at radius 3 is 2.87 bits per heavy atom. The largest absolute Gasteiger partial charge is 0.352 e. The van der Waals surface area contributed by atoms with E-state index in [1.165, 1.54) is 6.42 Å². The maximum atomic E-state index is 5.31. The molecular formula is C10H17N5. The van der Waals surface area contributed by atoms with Gasteiger partial charge in [0.05, 0.1) is 12.4 Å². The highest BCUT2D eigenvalue weighted by Gasteiger charge is 2.27. The van der Waals surface area contributed by atoms with Crippen LogP contribution in [0.15, 0.2) is 12.4 Å². The van der Waals surface area contributed by atoms with Crippen LogP contribution in [-0.4, -0.2) is 22.6 Å². The van der Waals surface area contributed by atoms with Gasteiger partial charge in [-0.3, -0.25) is 4.98 Å². The average molecular weight is 207 g/mol. The third-order valence-corrected chi connectivity index (χ3v) is 2.85. The number of aromatic nitrogens is 2. The van der Waals surface area contributed by atoms with Gasteiger partial charge in [0.2, 0.25) is 0 Å². The molecule has 0 spiro atoms. The van der Waals surface area contributed by atoms with Gasteiger partial charge in [-0.25, -0.2) is 10.8 Å². The van der Waals surface area contributed by atoms with Gasteiger partial charge in [0.25, 0.3) is 0 Å². The first kappa shape index (κ1) is 10.2. The minimum atomic E-state index is 0.530. The molecule has 1 aliphatic rings. The van der Waals surface area contributed by atoms with Crippen LogP contribution in [0.2, 0.25) is 0 Å². The molecule has 0 radical (unpaired) electrons. The van der Waals surface area contributed by atoms with Gasteiger partial charge in [-0.05, 0) is 19.3 Å². The van der Waals surface area contributed by atoms with E-state index in [2.05, 4.69) is 34.1 Å². The van der Waals surface area contributed by atoms with E-state index in [-0.39, 0.29) is 0 Å². The number of nitrogens with zero attached hydrogens (tertiary/aromatic N) is 3. The monoisotopic (exact) mass is 207 g/mol. The van der Waals surface area contributed by atoms with Gasteiger partial charge in [-0.1, -0.05) is 6.92 Å². The van der Waals surface area contributed by atoms with Gasteiger partial charge >= 0.3 is 0 Å². The molecule has 1 saturated heterocycles.